The fourth-order valence-corrected chi connectivity index (χ4v) is 2.94. The van der Waals surface area contributed by atoms with Gasteiger partial charge in [0.2, 0.25) is 0 Å². The largest absolute Gasteiger partial charge is 0.491 e. The van der Waals surface area contributed by atoms with E-state index in [0.717, 1.165) is 22.8 Å². The molecule has 1 unspecified atom stereocenters. The Morgan fingerprint density at radius 2 is 2.08 bits per heavy atom. The quantitative estimate of drug-likeness (QED) is 0.664. The zero-order chi connectivity index (χ0) is 17.8. The van der Waals surface area contributed by atoms with Crippen LogP contribution >= 0.6 is 0 Å². The van der Waals surface area contributed by atoms with Crippen LogP contribution in [0.25, 0.3) is 16.4 Å². The Bertz CT molecular complexity index is 884. The monoisotopic (exact) mass is 341 g/mol. The maximum Gasteiger partial charge on any atom is 0.340 e. The second kappa shape index (κ2) is 7.57. The number of aliphatic hydroxyl groups excluding tert-OH is 1. The summed E-state index contributed by atoms with van der Waals surface area (Å²) in [5.41, 5.74) is 2.30. The minimum atomic E-state index is -0.303. The highest BCUT2D eigenvalue weighted by Crippen LogP contribution is 2.30. The van der Waals surface area contributed by atoms with E-state index in [2.05, 4.69) is 0 Å². The number of hydrogen-bond donors (Lipinski definition) is 1. The zero-order valence-corrected chi connectivity index (χ0v) is 14.6. The van der Waals surface area contributed by atoms with E-state index in [0.29, 0.717) is 24.3 Å². The van der Waals surface area contributed by atoms with Crippen molar-refractivity contribution in [3.63, 3.8) is 0 Å². The number of carbonyl (C=O) groups excluding carboxylic acids is 1. The lowest BCUT2D eigenvalue weighted by atomic mass is 10.1. The fraction of sp³-hybridized carbons (Fsp3) is 0.350. The van der Waals surface area contributed by atoms with Gasteiger partial charge in [0.1, 0.15) is 5.75 Å². The lowest BCUT2D eigenvalue weighted by Gasteiger charge is -2.13. The van der Waals surface area contributed by atoms with Crippen molar-refractivity contribution in [3.05, 3.63) is 48.2 Å². The van der Waals surface area contributed by atoms with Gasteiger partial charge in [-0.25, -0.2) is 4.79 Å². The highest BCUT2D eigenvalue weighted by molar-refractivity contribution is 6.11. The normalized spacial score (nSPS) is 12.4. The Balaban J connectivity index is 2.08. The van der Waals surface area contributed by atoms with Crippen LogP contribution in [-0.4, -0.2) is 34.8 Å². The SMILES string of the molecule is CCCOC(=O)c1c2ccc(OC(C)CCO)cc2n2ccccc12. The summed E-state index contributed by atoms with van der Waals surface area (Å²) in [4.78, 5) is 12.5. The highest BCUT2D eigenvalue weighted by atomic mass is 16.5. The molecule has 132 valence electrons. The highest BCUT2D eigenvalue weighted by Gasteiger charge is 2.19. The number of hydrogen-bond acceptors (Lipinski definition) is 4. The number of fused-ring (bicyclic) bond motifs is 3. The maximum atomic E-state index is 12.5. The van der Waals surface area contributed by atoms with Gasteiger partial charge in [0.25, 0.3) is 0 Å². The van der Waals surface area contributed by atoms with Crippen molar-refractivity contribution in [1.82, 2.24) is 4.40 Å². The molecule has 0 radical (unpaired) electrons. The number of nitrogens with zero attached hydrogens (tertiary/aromatic N) is 1. The van der Waals surface area contributed by atoms with Crippen LogP contribution in [-0.2, 0) is 4.74 Å². The first-order valence-electron chi connectivity index (χ1n) is 8.63. The molecule has 0 aliphatic rings. The van der Waals surface area contributed by atoms with Crippen LogP contribution < -0.4 is 4.74 Å². The first-order chi connectivity index (χ1) is 12.2. The van der Waals surface area contributed by atoms with Crippen molar-refractivity contribution in [2.24, 2.45) is 0 Å². The molecule has 0 amide bonds. The summed E-state index contributed by atoms with van der Waals surface area (Å²) in [5.74, 6) is 0.410. The molecule has 5 heteroatoms. The van der Waals surface area contributed by atoms with Gasteiger partial charge >= 0.3 is 5.97 Å². The van der Waals surface area contributed by atoms with Gasteiger partial charge in [-0.1, -0.05) is 13.0 Å². The van der Waals surface area contributed by atoms with E-state index >= 15 is 0 Å². The van der Waals surface area contributed by atoms with E-state index in [4.69, 9.17) is 14.6 Å². The molecule has 0 saturated carbocycles. The molecule has 0 spiro atoms. The molecule has 0 saturated heterocycles. The van der Waals surface area contributed by atoms with Crippen molar-refractivity contribution in [2.45, 2.75) is 32.8 Å². The summed E-state index contributed by atoms with van der Waals surface area (Å²) >= 11 is 0. The number of rotatable bonds is 7. The molecule has 0 bridgehead atoms. The Morgan fingerprint density at radius 1 is 1.24 bits per heavy atom. The standard InChI is InChI=1S/C20H23NO4/c1-3-12-24-20(23)19-16-8-7-15(25-14(2)9-11-22)13-18(16)21-10-5-4-6-17(19)21/h4-8,10,13-14,22H,3,9,11-12H2,1-2H3. The predicted octanol–water partition coefficient (Wildman–Crippen LogP) is 3.81. The van der Waals surface area contributed by atoms with Crippen LogP contribution in [0.15, 0.2) is 42.6 Å². The first kappa shape index (κ1) is 17.3. The van der Waals surface area contributed by atoms with Crippen LogP contribution in [0.4, 0.5) is 0 Å². The Kier molecular flexibility index (Phi) is 5.24. The van der Waals surface area contributed by atoms with Gasteiger partial charge in [-0.3, -0.25) is 0 Å². The third-order valence-corrected chi connectivity index (χ3v) is 4.13. The van der Waals surface area contributed by atoms with Gasteiger partial charge in [0.15, 0.2) is 0 Å². The van der Waals surface area contributed by atoms with Crippen molar-refractivity contribution < 1.29 is 19.4 Å². The van der Waals surface area contributed by atoms with Gasteiger partial charge in [0, 0.05) is 30.7 Å². The van der Waals surface area contributed by atoms with Crippen LogP contribution in [0.2, 0.25) is 0 Å². The molecular formula is C20H23NO4. The van der Waals surface area contributed by atoms with Gasteiger partial charge in [0.05, 0.1) is 29.3 Å². The number of aliphatic hydroxyl groups is 1. The summed E-state index contributed by atoms with van der Waals surface area (Å²) in [6.45, 7) is 4.39. The number of pyridine rings is 1. The summed E-state index contributed by atoms with van der Waals surface area (Å²) in [5, 5.41) is 9.87. The molecule has 3 rings (SSSR count). The van der Waals surface area contributed by atoms with Crippen LogP contribution in [0, 0.1) is 0 Å². The molecule has 25 heavy (non-hydrogen) atoms. The Labute approximate surface area is 146 Å². The van der Waals surface area contributed by atoms with Crippen molar-refractivity contribution in [1.29, 1.82) is 0 Å². The van der Waals surface area contributed by atoms with Gasteiger partial charge in [-0.15, -0.1) is 0 Å². The third-order valence-electron chi connectivity index (χ3n) is 4.13. The zero-order valence-electron chi connectivity index (χ0n) is 14.6. The molecule has 0 aliphatic heterocycles. The molecule has 0 aliphatic carbocycles. The van der Waals surface area contributed by atoms with Crippen molar-refractivity contribution >= 4 is 22.4 Å². The smallest absolute Gasteiger partial charge is 0.340 e. The second-order valence-electron chi connectivity index (χ2n) is 6.09. The second-order valence-corrected chi connectivity index (χ2v) is 6.09. The molecule has 1 atom stereocenters. The first-order valence-corrected chi connectivity index (χ1v) is 8.63. The van der Waals surface area contributed by atoms with Crippen molar-refractivity contribution in [3.8, 4) is 5.75 Å². The molecule has 0 fully saturated rings. The topological polar surface area (TPSA) is 60.2 Å². The lowest BCUT2D eigenvalue weighted by Crippen LogP contribution is -2.13. The van der Waals surface area contributed by atoms with E-state index in [1.807, 2.05) is 60.8 Å². The van der Waals surface area contributed by atoms with E-state index in [9.17, 15) is 4.79 Å². The molecule has 1 N–H and O–H groups in total. The molecule has 1 aromatic carbocycles. The Morgan fingerprint density at radius 3 is 2.84 bits per heavy atom. The number of ether oxygens (including phenoxy) is 2. The van der Waals surface area contributed by atoms with E-state index in [1.54, 1.807) is 0 Å². The lowest BCUT2D eigenvalue weighted by molar-refractivity contribution is 0.0509. The molecule has 2 aromatic heterocycles. The molecule has 5 nitrogen and oxygen atoms in total. The minimum absolute atomic E-state index is 0.0809. The van der Waals surface area contributed by atoms with Gasteiger partial charge in [-0.05, 0) is 37.6 Å². The number of aromatic nitrogens is 1. The minimum Gasteiger partial charge on any atom is -0.491 e. The fourth-order valence-electron chi connectivity index (χ4n) is 2.94. The van der Waals surface area contributed by atoms with Gasteiger partial charge < -0.3 is 19.0 Å². The predicted molar refractivity (Wildman–Crippen MR) is 97.3 cm³/mol. The molecule has 2 heterocycles. The Hall–Kier alpha value is -2.53. The van der Waals surface area contributed by atoms with E-state index in [-0.39, 0.29) is 18.7 Å². The van der Waals surface area contributed by atoms with Gasteiger partial charge in [-0.2, -0.15) is 0 Å². The van der Waals surface area contributed by atoms with Crippen molar-refractivity contribution in [2.75, 3.05) is 13.2 Å². The van der Waals surface area contributed by atoms with Crippen LogP contribution in [0.1, 0.15) is 37.0 Å². The number of carbonyl (C=O) groups is 1. The summed E-state index contributed by atoms with van der Waals surface area (Å²) in [7, 11) is 0. The van der Waals surface area contributed by atoms with E-state index < -0.39 is 0 Å². The number of benzene rings is 1. The third kappa shape index (κ3) is 3.46. The summed E-state index contributed by atoms with van der Waals surface area (Å²) in [6, 6.07) is 11.4. The summed E-state index contributed by atoms with van der Waals surface area (Å²) in [6.07, 6.45) is 3.20. The average molecular weight is 341 g/mol. The summed E-state index contributed by atoms with van der Waals surface area (Å²) < 4.78 is 13.2. The molecular weight excluding hydrogens is 318 g/mol. The molecule has 3 aromatic rings. The average Bonchev–Trinajstić information content (AvgIpc) is 2.94. The maximum absolute atomic E-state index is 12.5. The number of esters is 1. The van der Waals surface area contributed by atoms with E-state index in [1.165, 1.54) is 0 Å². The van der Waals surface area contributed by atoms with Crippen LogP contribution in [0.3, 0.4) is 0 Å². The van der Waals surface area contributed by atoms with Crippen LogP contribution in [0.5, 0.6) is 5.75 Å².